The number of hydrogen-bond acceptors (Lipinski definition) is 6. The first kappa shape index (κ1) is 17.0. The van der Waals surface area contributed by atoms with Crippen molar-refractivity contribution in [2.45, 2.75) is 13.0 Å². The molecule has 1 N–H and O–H groups in total. The smallest absolute Gasteiger partial charge is 0.413 e. The summed E-state index contributed by atoms with van der Waals surface area (Å²) in [5, 5.41) is 1.91. The number of carbonyl (C=O) groups excluding carboxylic acids is 3. The number of halogens is 1. The van der Waals surface area contributed by atoms with Crippen molar-refractivity contribution >= 4 is 33.9 Å². The first-order valence-electron chi connectivity index (χ1n) is 5.82. The number of imide groups is 1. The molecular weight excluding hydrogens is 346 g/mol. The molecule has 0 saturated heterocycles. The van der Waals surface area contributed by atoms with Gasteiger partial charge < -0.3 is 14.2 Å². The van der Waals surface area contributed by atoms with E-state index in [-0.39, 0.29) is 5.56 Å². The average molecular weight is 360 g/mol. The minimum absolute atomic E-state index is 0.236. The van der Waals surface area contributed by atoms with Crippen LogP contribution < -0.4 is 10.1 Å². The van der Waals surface area contributed by atoms with Crippen molar-refractivity contribution in [2.24, 2.45) is 0 Å². The van der Waals surface area contributed by atoms with Gasteiger partial charge in [-0.05, 0) is 41.1 Å². The summed E-state index contributed by atoms with van der Waals surface area (Å²) in [6, 6.07) is 4.59. The molecule has 2 amide bonds. The van der Waals surface area contributed by atoms with Crippen molar-refractivity contribution in [3.05, 3.63) is 28.2 Å². The standard InChI is InChI=1S/C13H14BrNO6/c1-7(11(16)15-13(18)20-3)21-12(17)8-4-5-10(19-2)9(14)6-8/h4-7H,1-3H3,(H,15,16,18)/t7-/m1/s1. The lowest BCUT2D eigenvalue weighted by Gasteiger charge is -2.13. The number of rotatable bonds is 4. The Morgan fingerprint density at radius 2 is 1.90 bits per heavy atom. The minimum atomic E-state index is -1.14. The zero-order valence-electron chi connectivity index (χ0n) is 11.6. The van der Waals surface area contributed by atoms with Crippen LogP contribution >= 0.6 is 15.9 Å². The van der Waals surface area contributed by atoms with Crippen LogP contribution in [0.15, 0.2) is 22.7 Å². The van der Waals surface area contributed by atoms with Crippen molar-refractivity contribution in [1.29, 1.82) is 0 Å². The Morgan fingerprint density at radius 3 is 2.43 bits per heavy atom. The largest absolute Gasteiger partial charge is 0.496 e. The van der Waals surface area contributed by atoms with Gasteiger partial charge in [0.15, 0.2) is 6.10 Å². The Hall–Kier alpha value is -2.09. The van der Waals surface area contributed by atoms with Crippen LogP contribution in [0.5, 0.6) is 5.75 Å². The Morgan fingerprint density at radius 1 is 1.24 bits per heavy atom. The first-order valence-corrected chi connectivity index (χ1v) is 6.61. The average Bonchev–Trinajstić information content (AvgIpc) is 2.46. The van der Waals surface area contributed by atoms with Gasteiger partial charge in [-0.1, -0.05) is 0 Å². The summed E-state index contributed by atoms with van der Waals surface area (Å²) in [6.07, 6.45) is -2.06. The predicted octanol–water partition coefficient (Wildman–Crippen LogP) is 1.89. The number of benzene rings is 1. The highest BCUT2D eigenvalue weighted by Crippen LogP contribution is 2.25. The fourth-order valence-electron chi connectivity index (χ4n) is 1.33. The van der Waals surface area contributed by atoms with E-state index in [0.717, 1.165) is 7.11 Å². The summed E-state index contributed by atoms with van der Waals surface area (Å²) in [6.45, 7) is 1.34. The zero-order valence-corrected chi connectivity index (χ0v) is 13.2. The highest BCUT2D eigenvalue weighted by Gasteiger charge is 2.21. The molecule has 0 aromatic heterocycles. The summed E-state index contributed by atoms with van der Waals surface area (Å²) < 4.78 is 14.8. The molecule has 0 aliphatic rings. The number of carbonyl (C=O) groups is 3. The molecule has 0 bridgehead atoms. The maximum Gasteiger partial charge on any atom is 0.413 e. The molecular formula is C13H14BrNO6. The molecule has 0 heterocycles. The molecule has 0 aliphatic carbocycles. The van der Waals surface area contributed by atoms with E-state index in [1.807, 2.05) is 5.32 Å². The Balaban J connectivity index is 2.70. The Bertz CT molecular complexity index is 560. The van der Waals surface area contributed by atoms with Crippen molar-refractivity contribution in [1.82, 2.24) is 5.32 Å². The van der Waals surface area contributed by atoms with E-state index in [1.54, 1.807) is 6.07 Å². The van der Waals surface area contributed by atoms with Crippen LogP contribution in [-0.2, 0) is 14.3 Å². The van der Waals surface area contributed by atoms with Crippen molar-refractivity contribution in [3.63, 3.8) is 0 Å². The molecule has 1 atom stereocenters. The second kappa shape index (κ2) is 7.63. The Labute approximate surface area is 129 Å². The van der Waals surface area contributed by atoms with Gasteiger partial charge in [0, 0.05) is 0 Å². The van der Waals surface area contributed by atoms with Crippen LogP contribution in [0.4, 0.5) is 4.79 Å². The first-order chi connectivity index (χ1) is 9.88. The van der Waals surface area contributed by atoms with Crippen LogP contribution in [-0.4, -0.2) is 38.3 Å². The second-order valence-corrected chi connectivity index (χ2v) is 4.73. The summed E-state index contributed by atoms with van der Waals surface area (Å²) in [4.78, 5) is 34.3. The third kappa shape index (κ3) is 4.75. The fourth-order valence-corrected chi connectivity index (χ4v) is 1.87. The summed E-state index contributed by atoms with van der Waals surface area (Å²) in [7, 11) is 2.62. The highest BCUT2D eigenvalue weighted by molar-refractivity contribution is 9.10. The summed E-state index contributed by atoms with van der Waals surface area (Å²) in [5.41, 5.74) is 0.236. The molecule has 0 aliphatic heterocycles. The van der Waals surface area contributed by atoms with Crippen LogP contribution in [0.1, 0.15) is 17.3 Å². The number of amides is 2. The molecule has 1 aromatic rings. The van der Waals surface area contributed by atoms with E-state index >= 15 is 0 Å². The molecule has 114 valence electrons. The van der Waals surface area contributed by atoms with Gasteiger partial charge in [-0.25, -0.2) is 9.59 Å². The van der Waals surface area contributed by atoms with Crippen molar-refractivity contribution in [2.75, 3.05) is 14.2 Å². The van der Waals surface area contributed by atoms with Gasteiger partial charge >= 0.3 is 12.1 Å². The Kier molecular flexibility index (Phi) is 6.16. The number of esters is 1. The van der Waals surface area contributed by atoms with Crippen molar-refractivity contribution < 1.29 is 28.6 Å². The normalized spacial score (nSPS) is 11.2. The quantitative estimate of drug-likeness (QED) is 0.825. The molecule has 1 rings (SSSR count). The van der Waals surface area contributed by atoms with Gasteiger partial charge in [0.2, 0.25) is 0 Å². The van der Waals surface area contributed by atoms with E-state index in [1.165, 1.54) is 26.2 Å². The monoisotopic (exact) mass is 359 g/mol. The van der Waals surface area contributed by atoms with E-state index in [9.17, 15) is 14.4 Å². The van der Waals surface area contributed by atoms with Gasteiger partial charge in [0.05, 0.1) is 24.3 Å². The van der Waals surface area contributed by atoms with E-state index in [0.29, 0.717) is 10.2 Å². The van der Waals surface area contributed by atoms with Crippen LogP contribution in [0, 0.1) is 0 Å². The topological polar surface area (TPSA) is 90.9 Å². The van der Waals surface area contributed by atoms with E-state index < -0.39 is 24.1 Å². The third-order valence-electron chi connectivity index (χ3n) is 2.45. The summed E-state index contributed by atoms with van der Waals surface area (Å²) in [5.74, 6) is -0.920. The van der Waals surface area contributed by atoms with Crippen LogP contribution in [0.2, 0.25) is 0 Å². The minimum Gasteiger partial charge on any atom is -0.496 e. The lowest BCUT2D eigenvalue weighted by Crippen LogP contribution is -2.39. The maximum absolute atomic E-state index is 11.9. The van der Waals surface area contributed by atoms with Crippen LogP contribution in [0.3, 0.4) is 0 Å². The maximum atomic E-state index is 11.9. The molecule has 0 fully saturated rings. The third-order valence-corrected chi connectivity index (χ3v) is 3.07. The predicted molar refractivity (Wildman–Crippen MR) is 76.1 cm³/mol. The number of methoxy groups -OCH3 is 2. The molecule has 0 spiro atoms. The number of nitrogens with one attached hydrogen (secondary N) is 1. The molecule has 8 heteroatoms. The van der Waals surface area contributed by atoms with Crippen molar-refractivity contribution in [3.8, 4) is 5.75 Å². The van der Waals surface area contributed by atoms with Gasteiger partial charge in [0.1, 0.15) is 5.75 Å². The van der Waals surface area contributed by atoms with E-state index in [4.69, 9.17) is 9.47 Å². The molecule has 21 heavy (non-hydrogen) atoms. The van der Waals surface area contributed by atoms with E-state index in [2.05, 4.69) is 20.7 Å². The van der Waals surface area contributed by atoms with Gasteiger partial charge in [-0.2, -0.15) is 0 Å². The molecule has 0 saturated carbocycles. The summed E-state index contributed by atoms with van der Waals surface area (Å²) >= 11 is 3.24. The molecule has 0 unspecified atom stereocenters. The number of alkyl carbamates (subject to hydrolysis) is 1. The van der Waals surface area contributed by atoms with Crippen LogP contribution in [0.25, 0.3) is 0 Å². The lowest BCUT2D eigenvalue weighted by molar-refractivity contribution is -0.128. The highest BCUT2D eigenvalue weighted by atomic mass is 79.9. The zero-order chi connectivity index (χ0) is 16.0. The second-order valence-electron chi connectivity index (χ2n) is 3.88. The SMILES string of the molecule is COC(=O)NC(=O)[C@@H](C)OC(=O)c1ccc(OC)c(Br)c1. The fraction of sp³-hybridized carbons (Fsp3) is 0.308. The van der Waals surface area contributed by atoms with Gasteiger partial charge in [-0.15, -0.1) is 0 Å². The van der Waals surface area contributed by atoms with Gasteiger partial charge in [0.25, 0.3) is 5.91 Å². The lowest BCUT2D eigenvalue weighted by atomic mass is 10.2. The number of hydrogen-bond donors (Lipinski definition) is 1. The van der Waals surface area contributed by atoms with Gasteiger partial charge in [-0.3, -0.25) is 10.1 Å². The number of ether oxygens (including phenoxy) is 3. The molecule has 1 aromatic carbocycles. The molecule has 0 radical (unpaired) electrons. The molecule has 7 nitrogen and oxygen atoms in total.